The molecule has 54 valence electrons. The fourth-order valence-corrected chi connectivity index (χ4v) is 0. The Labute approximate surface area is 135 Å². The maximum Gasteiger partial charge on any atom is 1.00 e. The summed E-state index contributed by atoms with van der Waals surface area (Å²) in [6.07, 6.45) is 0. The molecule has 0 aliphatic carbocycles. The van der Waals surface area contributed by atoms with Crippen LogP contribution in [-0.4, -0.2) is 33.7 Å². The second-order valence-electron chi connectivity index (χ2n) is 0. The quantitative estimate of drug-likeness (QED) is 0.274. The van der Waals surface area contributed by atoms with Crippen LogP contribution in [0.3, 0.4) is 0 Å². The third-order valence-electron chi connectivity index (χ3n) is 0. The molecule has 0 saturated heterocycles. The fraction of sp³-hybridized carbons (Fsp3) is 1.00. The molecule has 0 N–H and O–H groups in total. The Kier molecular flexibility index (Phi) is 4490. The van der Waals surface area contributed by atoms with Crippen LogP contribution in [0.15, 0.2) is 0 Å². The first-order chi connectivity index (χ1) is 0. The molecule has 1 unspecified atom stereocenters. The Morgan fingerprint density at radius 3 is 0.545 bits per heavy atom. The van der Waals surface area contributed by atoms with Crippen LogP contribution in [-0.2, 0) is 0 Å². The summed E-state index contributed by atoms with van der Waals surface area (Å²) >= 11 is 0. The molecule has 0 spiro atoms. The molecule has 0 nitrogen and oxygen atoms in total. The van der Waals surface area contributed by atoms with E-state index in [1.165, 1.54) is 0 Å². The fourth-order valence-electron chi connectivity index (χ4n) is 0. The van der Waals surface area contributed by atoms with Crippen LogP contribution in [0.1, 0.15) is 23.7 Å². The standard InChI is InChI=1S/3CH4.4B.2Na.H3P.H2P.H/h3*1H4;;;;;;;1H3;1H2;/q;;;;;;;2*+1;;2*-1. The van der Waals surface area contributed by atoms with E-state index in [2.05, 4.69) is 0 Å². The summed E-state index contributed by atoms with van der Waals surface area (Å²) < 4.78 is 0. The maximum atomic E-state index is 0. The molecule has 0 heterocycles. The van der Waals surface area contributed by atoms with Crippen molar-refractivity contribution in [1.82, 2.24) is 0 Å². The molecule has 0 fully saturated rings. The van der Waals surface area contributed by atoms with Crippen LogP contribution >= 0.6 is 19.8 Å². The smallest absolute Gasteiger partial charge is 1.00 e. The summed E-state index contributed by atoms with van der Waals surface area (Å²) in [7, 11) is 0. The molecule has 0 bridgehead atoms. The molecule has 1 atom stereocenters. The van der Waals surface area contributed by atoms with Crippen molar-refractivity contribution in [2.24, 2.45) is 0 Å². The van der Waals surface area contributed by atoms with Gasteiger partial charge in [0.2, 0.25) is 0 Å². The van der Waals surface area contributed by atoms with E-state index < -0.39 is 0 Å². The zero-order valence-electron chi connectivity index (χ0n) is 6.59. The summed E-state index contributed by atoms with van der Waals surface area (Å²) in [4.78, 5) is 0. The van der Waals surface area contributed by atoms with Gasteiger partial charge in [0, 0.05) is 33.7 Å². The van der Waals surface area contributed by atoms with Gasteiger partial charge in [0.15, 0.2) is 0 Å². The van der Waals surface area contributed by atoms with Gasteiger partial charge in [-0.15, -0.1) is 0 Å². The van der Waals surface area contributed by atoms with Crippen molar-refractivity contribution in [3.63, 3.8) is 0 Å². The molecule has 0 amide bonds. The zero-order valence-corrected chi connectivity index (χ0v) is 12.2. The van der Waals surface area contributed by atoms with Crippen LogP contribution in [0.4, 0.5) is 0 Å². The van der Waals surface area contributed by atoms with E-state index >= 15 is 0 Å². The van der Waals surface area contributed by atoms with Crippen molar-refractivity contribution in [2.75, 3.05) is 0 Å². The predicted molar refractivity (Wildman–Crippen MR) is 65.1 cm³/mol. The van der Waals surface area contributed by atoms with E-state index in [0.717, 1.165) is 0 Å². The van der Waals surface area contributed by atoms with Crippen molar-refractivity contribution in [3.05, 3.63) is 0 Å². The first-order valence-corrected chi connectivity index (χ1v) is 0. The second-order valence-corrected chi connectivity index (χ2v) is 0. The Morgan fingerprint density at radius 1 is 0.545 bits per heavy atom. The van der Waals surface area contributed by atoms with Gasteiger partial charge in [-0.2, -0.15) is 9.90 Å². The van der Waals surface area contributed by atoms with E-state index in [1.54, 1.807) is 0 Å². The van der Waals surface area contributed by atoms with Gasteiger partial charge in [0.1, 0.15) is 0 Å². The first kappa shape index (κ1) is 250. The summed E-state index contributed by atoms with van der Waals surface area (Å²) in [6, 6.07) is 0. The first-order valence-electron chi connectivity index (χ1n) is 0. The monoisotopic (exact) mass is 206 g/mol. The minimum atomic E-state index is 0. The van der Waals surface area contributed by atoms with Gasteiger partial charge in [0.25, 0.3) is 0 Å². The van der Waals surface area contributed by atoms with E-state index in [-0.39, 0.29) is 136 Å². The molecule has 0 aromatic rings. The second kappa shape index (κ2) is 198. The van der Waals surface area contributed by atoms with Gasteiger partial charge in [0.05, 0.1) is 0 Å². The predicted octanol–water partition coefficient (Wildman–Crippen LogP) is -5.11. The topological polar surface area (TPSA) is 0 Å². The van der Waals surface area contributed by atoms with Crippen LogP contribution in [0.25, 0.3) is 0 Å². The molecule has 0 aromatic carbocycles. The van der Waals surface area contributed by atoms with Crippen molar-refractivity contribution < 1.29 is 60.5 Å². The van der Waals surface area contributed by atoms with Gasteiger partial charge < -0.3 is 11.3 Å². The average Bonchev–Trinajstić information content (AvgIpc) is 0. The Morgan fingerprint density at radius 2 is 0.545 bits per heavy atom. The van der Waals surface area contributed by atoms with Gasteiger partial charge in [-0.1, -0.05) is 22.3 Å². The molecule has 0 aromatic heterocycles. The van der Waals surface area contributed by atoms with Crippen molar-refractivity contribution in [1.29, 1.82) is 0 Å². The molecule has 0 aliphatic heterocycles. The van der Waals surface area contributed by atoms with Gasteiger partial charge in [-0.05, 0) is 0 Å². The Bertz CT molecular complexity index is 26.3. The SMILES string of the molecule is C.C.C.P.[B].[B].[B].[B].[H-].[Na+].[Na+].[PH2-]. The minimum Gasteiger partial charge on any atom is -1.00 e. The van der Waals surface area contributed by atoms with Crippen LogP contribution in [0, 0.1) is 0 Å². The van der Waals surface area contributed by atoms with E-state index in [0.29, 0.717) is 0 Å². The molecule has 0 rings (SSSR count). The van der Waals surface area contributed by atoms with E-state index in [1.807, 2.05) is 0 Å². The molecule has 12 radical (unpaired) electrons. The normalized spacial score (nSPS) is 0. The molecule has 0 aliphatic rings. The molecular formula is C3H18B4Na2P2. The Hall–Kier alpha value is 3.12. The van der Waals surface area contributed by atoms with Gasteiger partial charge >= 0.3 is 59.1 Å². The van der Waals surface area contributed by atoms with Crippen LogP contribution < -0.4 is 59.1 Å². The molecule has 8 heteroatoms. The van der Waals surface area contributed by atoms with E-state index in [4.69, 9.17) is 0 Å². The molecule has 11 heavy (non-hydrogen) atoms. The number of hydrogen-bond acceptors (Lipinski definition) is 0. The van der Waals surface area contributed by atoms with Crippen molar-refractivity contribution in [3.8, 4) is 0 Å². The largest absolute Gasteiger partial charge is 1.00 e. The van der Waals surface area contributed by atoms with Gasteiger partial charge in [-0.3, -0.25) is 0 Å². The van der Waals surface area contributed by atoms with Crippen molar-refractivity contribution >= 4 is 53.4 Å². The molecular weight excluding hydrogens is 187 g/mol. The zero-order chi connectivity index (χ0) is 0. The van der Waals surface area contributed by atoms with E-state index in [9.17, 15) is 0 Å². The third kappa shape index (κ3) is 167. The summed E-state index contributed by atoms with van der Waals surface area (Å²) in [5, 5.41) is 0. The molecule has 0 saturated carbocycles. The Balaban J connectivity index is 0. The maximum absolute atomic E-state index is 0. The number of rotatable bonds is 0. The summed E-state index contributed by atoms with van der Waals surface area (Å²) in [5.74, 6) is 0. The minimum absolute atomic E-state index is 0. The number of hydrogen-bond donors (Lipinski definition) is 0. The third-order valence-corrected chi connectivity index (χ3v) is 0. The van der Waals surface area contributed by atoms with Crippen molar-refractivity contribution in [2.45, 2.75) is 22.3 Å². The van der Waals surface area contributed by atoms with Crippen LogP contribution in [0.5, 0.6) is 0 Å². The summed E-state index contributed by atoms with van der Waals surface area (Å²) in [6.45, 7) is 0. The van der Waals surface area contributed by atoms with Gasteiger partial charge in [-0.25, -0.2) is 0 Å². The summed E-state index contributed by atoms with van der Waals surface area (Å²) in [5.41, 5.74) is 0. The van der Waals surface area contributed by atoms with Crippen LogP contribution in [0.2, 0.25) is 0 Å². The average molecular weight is 205 g/mol.